The molecule has 110 valence electrons. The standard InChI is InChI=1S/C16H23NO3/c1-17(2)16(15(19)10-4-3-5-11-15)14(20-16)12-6-8-13(18)9-7-12/h6-9,14,18-19H,3-5,10-11H2,1-2H3/t14-,16+/m1/s1. The smallest absolute Gasteiger partial charge is 0.181 e. The molecule has 1 heterocycles. The number of ether oxygens (including phenoxy) is 1. The number of hydrogen-bond donors (Lipinski definition) is 2. The molecule has 2 aliphatic rings. The summed E-state index contributed by atoms with van der Waals surface area (Å²) in [4.78, 5) is 2.01. The summed E-state index contributed by atoms with van der Waals surface area (Å²) in [6, 6.07) is 7.08. The van der Waals surface area contributed by atoms with Gasteiger partial charge in [0.1, 0.15) is 17.5 Å². The minimum atomic E-state index is -0.780. The van der Waals surface area contributed by atoms with Gasteiger partial charge in [0.05, 0.1) is 0 Å². The molecule has 1 saturated carbocycles. The Morgan fingerprint density at radius 3 is 2.25 bits per heavy atom. The third-order valence-corrected chi connectivity index (χ3v) is 4.80. The topological polar surface area (TPSA) is 56.2 Å². The first-order valence-electron chi connectivity index (χ1n) is 7.36. The number of phenolic OH excluding ortho intramolecular Hbond substituents is 1. The summed E-state index contributed by atoms with van der Waals surface area (Å²) >= 11 is 0. The van der Waals surface area contributed by atoms with Gasteiger partial charge in [0, 0.05) is 0 Å². The van der Waals surface area contributed by atoms with Gasteiger partial charge in [0.15, 0.2) is 5.72 Å². The van der Waals surface area contributed by atoms with Crippen LogP contribution in [0.25, 0.3) is 0 Å². The molecule has 0 spiro atoms. The van der Waals surface area contributed by atoms with Crippen molar-refractivity contribution in [2.75, 3.05) is 14.1 Å². The molecule has 0 amide bonds. The zero-order valence-corrected chi connectivity index (χ0v) is 12.2. The summed E-state index contributed by atoms with van der Waals surface area (Å²) in [5.41, 5.74) is -0.391. The summed E-state index contributed by atoms with van der Waals surface area (Å²) in [5, 5.41) is 20.5. The van der Waals surface area contributed by atoms with E-state index in [1.165, 1.54) is 6.42 Å². The number of epoxide rings is 1. The van der Waals surface area contributed by atoms with Gasteiger partial charge in [0.25, 0.3) is 0 Å². The van der Waals surface area contributed by atoms with E-state index in [1.807, 2.05) is 31.1 Å². The first kappa shape index (κ1) is 13.9. The molecule has 0 radical (unpaired) electrons. The monoisotopic (exact) mass is 277 g/mol. The number of hydrogen-bond acceptors (Lipinski definition) is 4. The van der Waals surface area contributed by atoms with E-state index in [9.17, 15) is 10.2 Å². The van der Waals surface area contributed by atoms with Crippen molar-refractivity contribution in [3.05, 3.63) is 29.8 Å². The van der Waals surface area contributed by atoms with Crippen LogP contribution in [0.4, 0.5) is 0 Å². The molecule has 4 nitrogen and oxygen atoms in total. The zero-order valence-electron chi connectivity index (χ0n) is 12.2. The Morgan fingerprint density at radius 2 is 1.70 bits per heavy atom. The number of aliphatic hydroxyl groups is 1. The van der Waals surface area contributed by atoms with Crippen molar-refractivity contribution in [3.8, 4) is 5.75 Å². The lowest BCUT2D eigenvalue weighted by atomic mass is 9.76. The molecule has 2 atom stereocenters. The quantitative estimate of drug-likeness (QED) is 0.833. The van der Waals surface area contributed by atoms with Crippen molar-refractivity contribution in [1.29, 1.82) is 0 Å². The SMILES string of the molecule is CN(C)[C@]1(C2(O)CCCCC2)O[C@@H]1c1ccc(O)cc1. The molecule has 1 aromatic rings. The van der Waals surface area contributed by atoms with Gasteiger partial charge < -0.3 is 14.9 Å². The second-order valence-electron chi connectivity index (χ2n) is 6.27. The van der Waals surface area contributed by atoms with E-state index in [1.54, 1.807) is 12.1 Å². The second kappa shape index (κ2) is 4.72. The fourth-order valence-electron chi connectivity index (χ4n) is 3.69. The molecular formula is C16H23NO3. The molecule has 0 unspecified atom stereocenters. The van der Waals surface area contributed by atoms with Crippen molar-refractivity contribution < 1.29 is 14.9 Å². The Kier molecular flexibility index (Phi) is 3.27. The fraction of sp³-hybridized carbons (Fsp3) is 0.625. The van der Waals surface area contributed by atoms with Crippen molar-refractivity contribution in [2.24, 2.45) is 0 Å². The van der Waals surface area contributed by atoms with Crippen LogP contribution in [0.3, 0.4) is 0 Å². The van der Waals surface area contributed by atoms with E-state index < -0.39 is 11.3 Å². The highest BCUT2D eigenvalue weighted by Crippen LogP contribution is 2.60. The van der Waals surface area contributed by atoms with Crippen LogP contribution in [0.5, 0.6) is 5.75 Å². The summed E-state index contributed by atoms with van der Waals surface area (Å²) in [5.74, 6) is 0.251. The molecule has 20 heavy (non-hydrogen) atoms. The highest BCUT2D eigenvalue weighted by atomic mass is 16.6. The number of nitrogens with zero attached hydrogens (tertiary/aromatic N) is 1. The van der Waals surface area contributed by atoms with Gasteiger partial charge >= 0.3 is 0 Å². The van der Waals surface area contributed by atoms with Gasteiger partial charge in [-0.3, -0.25) is 4.90 Å². The summed E-state index contributed by atoms with van der Waals surface area (Å²) in [7, 11) is 3.93. The normalized spacial score (nSPS) is 32.3. The number of benzene rings is 1. The lowest BCUT2D eigenvalue weighted by molar-refractivity contribution is -0.117. The minimum absolute atomic E-state index is 0.124. The van der Waals surface area contributed by atoms with Crippen molar-refractivity contribution in [2.45, 2.75) is 49.5 Å². The lowest BCUT2D eigenvalue weighted by Crippen LogP contribution is -2.55. The highest BCUT2D eigenvalue weighted by Gasteiger charge is 2.70. The Balaban J connectivity index is 1.90. The van der Waals surface area contributed by atoms with Crippen LogP contribution >= 0.6 is 0 Å². The Labute approximate surface area is 120 Å². The molecule has 2 fully saturated rings. The summed E-state index contributed by atoms with van der Waals surface area (Å²) in [6.45, 7) is 0. The maximum Gasteiger partial charge on any atom is 0.181 e. The minimum Gasteiger partial charge on any atom is -0.508 e. The Morgan fingerprint density at radius 1 is 1.10 bits per heavy atom. The van der Waals surface area contributed by atoms with Crippen LogP contribution in [0, 0.1) is 0 Å². The molecule has 1 aromatic carbocycles. The van der Waals surface area contributed by atoms with E-state index in [0.717, 1.165) is 31.2 Å². The molecule has 4 heteroatoms. The predicted octanol–water partition coefficient (Wildman–Crippen LogP) is 2.42. The molecular weight excluding hydrogens is 254 g/mol. The molecule has 0 bridgehead atoms. The lowest BCUT2D eigenvalue weighted by Gasteiger charge is -2.41. The van der Waals surface area contributed by atoms with E-state index in [0.29, 0.717) is 0 Å². The number of likely N-dealkylation sites (N-methyl/N-ethyl adjacent to an activating group) is 1. The Bertz CT molecular complexity index is 479. The largest absolute Gasteiger partial charge is 0.508 e. The molecule has 2 N–H and O–H groups in total. The third kappa shape index (κ3) is 1.94. The highest BCUT2D eigenvalue weighted by molar-refractivity contribution is 5.33. The van der Waals surface area contributed by atoms with Crippen LogP contribution < -0.4 is 0 Å². The van der Waals surface area contributed by atoms with Crippen LogP contribution in [-0.2, 0) is 4.74 Å². The van der Waals surface area contributed by atoms with Gasteiger partial charge in [-0.2, -0.15) is 0 Å². The van der Waals surface area contributed by atoms with E-state index in [2.05, 4.69) is 0 Å². The van der Waals surface area contributed by atoms with Crippen LogP contribution in [0.1, 0.15) is 43.8 Å². The van der Waals surface area contributed by atoms with Gasteiger partial charge in [0.2, 0.25) is 0 Å². The van der Waals surface area contributed by atoms with Crippen molar-refractivity contribution >= 4 is 0 Å². The molecule has 3 rings (SSSR count). The van der Waals surface area contributed by atoms with Crippen LogP contribution in [0.15, 0.2) is 24.3 Å². The van der Waals surface area contributed by atoms with Crippen molar-refractivity contribution in [3.63, 3.8) is 0 Å². The number of rotatable bonds is 3. The third-order valence-electron chi connectivity index (χ3n) is 4.80. The fourth-order valence-corrected chi connectivity index (χ4v) is 3.69. The maximum atomic E-state index is 11.1. The van der Waals surface area contributed by atoms with Crippen molar-refractivity contribution in [1.82, 2.24) is 4.90 Å². The van der Waals surface area contributed by atoms with E-state index >= 15 is 0 Å². The second-order valence-corrected chi connectivity index (χ2v) is 6.27. The maximum absolute atomic E-state index is 11.1. The van der Waals surface area contributed by atoms with Gasteiger partial charge in [-0.25, -0.2) is 0 Å². The molecule has 1 aliphatic heterocycles. The number of aromatic hydroxyl groups is 1. The average molecular weight is 277 g/mol. The van der Waals surface area contributed by atoms with Gasteiger partial charge in [-0.1, -0.05) is 31.4 Å². The first-order chi connectivity index (χ1) is 9.49. The number of phenols is 1. The van der Waals surface area contributed by atoms with Gasteiger partial charge in [-0.15, -0.1) is 0 Å². The average Bonchev–Trinajstić information content (AvgIpc) is 3.18. The van der Waals surface area contributed by atoms with E-state index in [-0.39, 0.29) is 11.9 Å². The Hall–Kier alpha value is -1.10. The summed E-state index contributed by atoms with van der Waals surface area (Å²) in [6.07, 6.45) is 4.76. The first-order valence-corrected chi connectivity index (χ1v) is 7.36. The molecule has 1 saturated heterocycles. The van der Waals surface area contributed by atoms with Crippen LogP contribution in [0.2, 0.25) is 0 Å². The predicted molar refractivity (Wildman–Crippen MR) is 76.4 cm³/mol. The molecule has 1 aliphatic carbocycles. The summed E-state index contributed by atoms with van der Waals surface area (Å²) < 4.78 is 6.03. The van der Waals surface area contributed by atoms with E-state index in [4.69, 9.17) is 4.74 Å². The van der Waals surface area contributed by atoms with Gasteiger partial charge in [-0.05, 0) is 44.6 Å². The zero-order chi connectivity index (χ0) is 14.4. The van der Waals surface area contributed by atoms with Crippen LogP contribution in [-0.4, -0.2) is 40.5 Å². The molecule has 0 aromatic heterocycles.